The minimum Gasteiger partial charge on any atom is -0.328 e. The van der Waals surface area contributed by atoms with Gasteiger partial charge in [0.1, 0.15) is 0 Å². The second kappa shape index (κ2) is 7.22. The molecular weight excluding hydrogens is 266 g/mol. The van der Waals surface area contributed by atoms with Crippen LogP contribution in [-0.2, 0) is 9.59 Å². The van der Waals surface area contributed by atoms with Gasteiger partial charge in [-0.1, -0.05) is 0 Å². The van der Waals surface area contributed by atoms with Gasteiger partial charge in [0.15, 0.2) is 0 Å². The fourth-order valence-electron chi connectivity index (χ4n) is 2.45. The molecule has 21 heavy (non-hydrogen) atoms. The zero-order chi connectivity index (χ0) is 15.2. The molecule has 5 heteroatoms. The van der Waals surface area contributed by atoms with Gasteiger partial charge >= 0.3 is 0 Å². The molecule has 1 saturated heterocycles. The molecular formula is C16H23N3O2. The van der Waals surface area contributed by atoms with Crippen LogP contribution in [0, 0.1) is 0 Å². The van der Waals surface area contributed by atoms with Crippen LogP contribution in [0.5, 0.6) is 0 Å². The lowest BCUT2D eigenvalue weighted by molar-refractivity contribution is -0.117. The minimum absolute atomic E-state index is 0.000601. The van der Waals surface area contributed by atoms with E-state index in [0.29, 0.717) is 12.8 Å². The highest BCUT2D eigenvalue weighted by atomic mass is 16.2. The van der Waals surface area contributed by atoms with Crippen LogP contribution in [0.15, 0.2) is 24.3 Å². The number of nitrogens with zero attached hydrogens (tertiary/aromatic N) is 1. The number of carbonyl (C=O) groups excluding carboxylic acids is 2. The van der Waals surface area contributed by atoms with Gasteiger partial charge in [-0.05, 0) is 50.5 Å². The van der Waals surface area contributed by atoms with Gasteiger partial charge in [-0.15, -0.1) is 0 Å². The summed E-state index contributed by atoms with van der Waals surface area (Å²) in [6.45, 7) is 2.72. The zero-order valence-corrected chi connectivity index (χ0v) is 12.5. The Morgan fingerprint density at radius 1 is 1.38 bits per heavy atom. The highest BCUT2D eigenvalue weighted by molar-refractivity contribution is 5.96. The quantitative estimate of drug-likeness (QED) is 0.843. The monoisotopic (exact) mass is 289 g/mol. The Bertz CT molecular complexity index is 497. The highest BCUT2D eigenvalue weighted by Gasteiger charge is 2.21. The average molecular weight is 289 g/mol. The van der Waals surface area contributed by atoms with Crippen molar-refractivity contribution in [3.8, 4) is 0 Å². The standard InChI is InChI=1S/C16H23N3O2/c1-12(17)4-2-5-15(20)18-13-7-9-14(10-8-13)19-11-3-6-16(19)21/h7-10,12H,2-6,11,17H2,1H3,(H,18,20). The van der Waals surface area contributed by atoms with E-state index in [1.807, 2.05) is 31.2 Å². The molecule has 1 atom stereocenters. The summed E-state index contributed by atoms with van der Waals surface area (Å²) in [7, 11) is 0. The number of amides is 2. The van der Waals surface area contributed by atoms with Crippen LogP contribution < -0.4 is 16.0 Å². The molecule has 0 spiro atoms. The first-order valence-corrected chi connectivity index (χ1v) is 7.52. The lowest BCUT2D eigenvalue weighted by atomic mass is 10.1. The Kier molecular flexibility index (Phi) is 5.33. The lowest BCUT2D eigenvalue weighted by Gasteiger charge is -2.16. The number of carbonyl (C=O) groups is 2. The van der Waals surface area contributed by atoms with Crippen LogP contribution >= 0.6 is 0 Å². The highest BCUT2D eigenvalue weighted by Crippen LogP contribution is 2.23. The van der Waals surface area contributed by atoms with E-state index in [9.17, 15) is 9.59 Å². The molecule has 1 aliphatic heterocycles. The van der Waals surface area contributed by atoms with Crippen molar-refractivity contribution in [1.29, 1.82) is 0 Å². The number of nitrogens with one attached hydrogen (secondary N) is 1. The number of hydrogen-bond donors (Lipinski definition) is 2. The lowest BCUT2D eigenvalue weighted by Crippen LogP contribution is -2.23. The van der Waals surface area contributed by atoms with Gasteiger partial charge in [0, 0.05) is 36.8 Å². The van der Waals surface area contributed by atoms with E-state index >= 15 is 0 Å². The molecule has 1 fully saturated rings. The van der Waals surface area contributed by atoms with Crippen molar-refractivity contribution in [2.75, 3.05) is 16.8 Å². The van der Waals surface area contributed by atoms with Gasteiger partial charge in [-0.3, -0.25) is 9.59 Å². The first-order chi connectivity index (χ1) is 10.1. The molecule has 2 amide bonds. The van der Waals surface area contributed by atoms with Crippen LogP contribution in [0.4, 0.5) is 11.4 Å². The van der Waals surface area contributed by atoms with Crippen molar-refractivity contribution in [3.05, 3.63) is 24.3 Å². The summed E-state index contributed by atoms with van der Waals surface area (Å²) in [6.07, 6.45) is 3.66. The van der Waals surface area contributed by atoms with Crippen LogP contribution in [0.2, 0.25) is 0 Å². The fourth-order valence-corrected chi connectivity index (χ4v) is 2.45. The second-order valence-corrected chi connectivity index (χ2v) is 5.61. The van der Waals surface area contributed by atoms with Crippen molar-refractivity contribution in [1.82, 2.24) is 0 Å². The van der Waals surface area contributed by atoms with E-state index in [4.69, 9.17) is 5.73 Å². The maximum absolute atomic E-state index is 11.8. The van der Waals surface area contributed by atoms with E-state index in [2.05, 4.69) is 5.32 Å². The van der Waals surface area contributed by atoms with Crippen molar-refractivity contribution >= 4 is 23.2 Å². The Hall–Kier alpha value is -1.88. The van der Waals surface area contributed by atoms with E-state index < -0.39 is 0 Å². The molecule has 1 heterocycles. The summed E-state index contributed by atoms with van der Waals surface area (Å²) in [6, 6.07) is 7.56. The van der Waals surface area contributed by atoms with Crippen LogP contribution in [-0.4, -0.2) is 24.4 Å². The number of hydrogen-bond acceptors (Lipinski definition) is 3. The van der Waals surface area contributed by atoms with Crippen molar-refractivity contribution in [3.63, 3.8) is 0 Å². The average Bonchev–Trinajstić information content (AvgIpc) is 2.85. The Labute approximate surface area is 125 Å². The van der Waals surface area contributed by atoms with Crippen molar-refractivity contribution < 1.29 is 9.59 Å². The Balaban J connectivity index is 1.84. The smallest absolute Gasteiger partial charge is 0.227 e. The largest absolute Gasteiger partial charge is 0.328 e. The first-order valence-electron chi connectivity index (χ1n) is 7.52. The Morgan fingerprint density at radius 3 is 2.67 bits per heavy atom. The third-order valence-electron chi connectivity index (χ3n) is 3.60. The van der Waals surface area contributed by atoms with Crippen LogP contribution in [0.3, 0.4) is 0 Å². The second-order valence-electron chi connectivity index (χ2n) is 5.61. The van der Waals surface area contributed by atoms with Gasteiger partial charge in [0.05, 0.1) is 0 Å². The minimum atomic E-state index is 0.000601. The predicted molar refractivity (Wildman–Crippen MR) is 84.2 cm³/mol. The summed E-state index contributed by atoms with van der Waals surface area (Å²) < 4.78 is 0. The van der Waals surface area contributed by atoms with Crippen molar-refractivity contribution in [2.24, 2.45) is 5.73 Å². The van der Waals surface area contributed by atoms with E-state index in [1.165, 1.54) is 0 Å². The Morgan fingerprint density at radius 2 is 2.10 bits per heavy atom. The van der Waals surface area contributed by atoms with Gasteiger partial charge in [-0.25, -0.2) is 0 Å². The maximum Gasteiger partial charge on any atom is 0.227 e. The van der Waals surface area contributed by atoms with Crippen LogP contribution in [0.25, 0.3) is 0 Å². The van der Waals surface area contributed by atoms with Gasteiger partial charge < -0.3 is 16.0 Å². The maximum atomic E-state index is 11.8. The summed E-state index contributed by atoms with van der Waals surface area (Å²) >= 11 is 0. The fraction of sp³-hybridized carbons (Fsp3) is 0.500. The number of nitrogens with two attached hydrogens (primary N) is 1. The van der Waals surface area contributed by atoms with E-state index in [0.717, 1.165) is 37.2 Å². The van der Waals surface area contributed by atoms with Crippen molar-refractivity contribution in [2.45, 2.75) is 45.1 Å². The number of benzene rings is 1. The zero-order valence-electron chi connectivity index (χ0n) is 12.5. The van der Waals surface area contributed by atoms with Crippen LogP contribution in [0.1, 0.15) is 39.0 Å². The summed E-state index contributed by atoms with van der Waals surface area (Å²) in [5.41, 5.74) is 7.31. The molecule has 0 bridgehead atoms. The van der Waals surface area contributed by atoms with E-state index in [-0.39, 0.29) is 17.9 Å². The molecule has 0 aromatic heterocycles. The number of rotatable bonds is 6. The molecule has 1 aromatic rings. The van der Waals surface area contributed by atoms with E-state index in [1.54, 1.807) is 4.90 Å². The van der Waals surface area contributed by atoms with Gasteiger partial charge in [0.2, 0.25) is 11.8 Å². The third-order valence-corrected chi connectivity index (χ3v) is 3.60. The molecule has 2 rings (SSSR count). The molecule has 0 radical (unpaired) electrons. The molecule has 1 unspecified atom stereocenters. The molecule has 3 N–H and O–H groups in total. The molecule has 5 nitrogen and oxygen atoms in total. The molecule has 0 aliphatic carbocycles. The van der Waals surface area contributed by atoms with Gasteiger partial charge in [-0.2, -0.15) is 0 Å². The predicted octanol–water partition coefficient (Wildman–Crippen LogP) is 2.27. The SMILES string of the molecule is CC(N)CCCC(=O)Nc1ccc(N2CCCC2=O)cc1. The molecule has 0 saturated carbocycles. The summed E-state index contributed by atoms with van der Waals surface area (Å²) in [5, 5.41) is 2.86. The number of anilines is 2. The topological polar surface area (TPSA) is 75.4 Å². The first kappa shape index (κ1) is 15.5. The molecule has 1 aliphatic rings. The van der Waals surface area contributed by atoms with Gasteiger partial charge in [0.25, 0.3) is 0 Å². The normalized spacial score (nSPS) is 16.1. The third kappa shape index (κ3) is 4.56. The molecule has 114 valence electrons. The molecule has 1 aromatic carbocycles. The summed E-state index contributed by atoms with van der Waals surface area (Å²) in [4.78, 5) is 25.2. The summed E-state index contributed by atoms with van der Waals surface area (Å²) in [5.74, 6) is 0.170.